The molecule has 2 N–H and O–H groups in total. The van der Waals surface area contributed by atoms with Crippen LogP contribution in [0.1, 0.15) is 42.3 Å². The summed E-state index contributed by atoms with van der Waals surface area (Å²) < 4.78 is 0. The monoisotopic (exact) mass is 303 g/mol. The minimum absolute atomic E-state index is 0.0509. The van der Waals surface area contributed by atoms with Crippen molar-refractivity contribution in [3.63, 3.8) is 0 Å². The highest BCUT2D eigenvalue weighted by molar-refractivity contribution is 7.11. The van der Waals surface area contributed by atoms with E-state index in [0.717, 1.165) is 23.7 Å². The number of thiazole rings is 1. The Hall–Kier alpha value is -1.72. The number of nitrogens with zero attached hydrogens (tertiary/aromatic N) is 1. The highest BCUT2D eigenvalue weighted by Crippen LogP contribution is 2.20. The third-order valence-electron chi connectivity index (χ3n) is 3.18. The molecule has 1 unspecified atom stereocenters. The van der Waals surface area contributed by atoms with Crippen molar-refractivity contribution in [3.05, 3.63) is 45.9 Å². The molecule has 5 heteroatoms. The smallest absolute Gasteiger partial charge is 0.221 e. The molecule has 0 saturated carbocycles. The van der Waals surface area contributed by atoms with Crippen molar-refractivity contribution < 1.29 is 4.79 Å². The van der Waals surface area contributed by atoms with Gasteiger partial charge in [0.1, 0.15) is 5.01 Å². The Morgan fingerprint density at radius 2 is 2.05 bits per heavy atom. The van der Waals surface area contributed by atoms with Crippen molar-refractivity contribution in [2.75, 3.05) is 5.32 Å². The zero-order valence-electron chi connectivity index (χ0n) is 12.6. The van der Waals surface area contributed by atoms with Gasteiger partial charge in [-0.3, -0.25) is 4.79 Å². The fraction of sp³-hybridized carbons (Fsp3) is 0.375. The molecule has 1 amide bonds. The van der Waals surface area contributed by atoms with Crippen LogP contribution >= 0.6 is 11.3 Å². The summed E-state index contributed by atoms with van der Waals surface area (Å²) in [7, 11) is 0. The summed E-state index contributed by atoms with van der Waals surface area (Å²) in [5, 5.41) is 7.36. The predicted octanol–water partition coefficient (Wildman–Crippen LogP) is 3.51. The number of nitrogens with one attached hydrogen (secondary N) is 2. The first-order valence-electron chi connectivity index (χ1n) is 7.13. The quantitative estimate of drug-likeness (QED) is 0.858. The van der Waals surface area contributed by atoms with Gasteiger partial charge in [0.25, 0.3) is 0 Å². The van der Waals surface area contributed by atoms with E-state index in [1.54, 1.807) is 11.3 Å². The summed E-state index contributed by atoms with van der Waals surface area (Å²) in [5.41, 5.74) is 2.01. The first-order chi connectivity index (χ1) is 10.1. The number of hydrogen-bond acceptors (Lipinski definition) is 4. The van der Waals surface area contributed by atoms with E-state index in [9.17, 15) is 4.79 Å². The average Bonchev–Trinajstić information content (AvgIpc) is 2.94. The maximum atomic E-state index is 11.0. The molecule has 1 aromatic heterocycles. The lowest BCUT2D eigenvalue weighted by molar-refractivity contribution is -0.114. The lowest BCUT2D eigenvalue weighted by Crippen LogP contribution is -2.17. The van der Waals surface area contributed by atoms with Crippen LogP contribution in [0, 0.1) is 0 Å². The van der Waals surface area contributed by atoms with Gasteiger partial charge < -0.3 is 10.6 Å². The number of hydrogen-bond donors (Lipinski definition) is 2. The summed E-state index contributed by atoms with van der Waals surface area (Å²) in [4.78, 5) is 16.7. The summed E-state index contributed by atoms with van der Waals surface area (Å²) in [6.07, 6.45) is 3.00. The minimum Gasteiger partial charge on any atom is -0.326 e. The number of anilines is 1. The molecule has 0 bridgehead atoms. The number of amides is 1. The molecule has 1 atom stereocenters. The van der Waals surface area contributed by atoms with Crippen LogP contribution in [0.3, 0.4) is 0 Å². The molecule has 0 spiro atoms. The van der Waals surface area contributed by atoms with Crippen LogP contribution in [0.4, 0.5) is 5.69 Å². The van der Waals surface area contributed by atoms with Gasteiger partial charge >= 0.3 is 0 Å². The molecule has 1 heterocycles. The van der Waals surface area contributed by atoms with Crippen LogP contribution in [0.5, 0.6) is 0 Å². The molecular weight excluding hydrogens is 282 g/mol. The molecule has 21 heavy (non-hydrogen) atoms. The van der Waals surface area contributed by atoms with Gasteiger partial charge in [0, 0.05) is 30.2 Å². The van der Waals surface area contributed by atoms with Gasteiger partial charge in [-0.05, 0) is 31.0 Å². The lowest BCUT2D eigenvalue weighted by atomic mass is 10.2. The maximum absolute atomic E-state index is 11.0. The third kappa shape index (κ3) is 4.65. The van der Waals surface area contributed by atoms with Crippen LogP contribution in [0.25, 0.3) is 0 Å². The van der Waals surface area contributed by atoms with Crippen LogP contribution in [-0.4, -0.2) is 10.9 Å². The second-order valence-corrected chi connectivity index (χ2v) is 6.15. The Morgan fingerprint density at radius 3 is 2.62 bits per heavy atom. The van der Waals surface area contributed by atoms with E-state index in [-0.39, 0.29) is 11.9 Å². The van der Waals surface area contributed by atoms with E-state index in [1.165, 1.54) is 17.4 Å². The maximum Gasteiger partial charge on any atom is 0.221 e. The van der Waals surface area contributed by atoms with Gasteiger partial charge in [-0.15, -0.1) is 11.3 Å². The summed E-state index contributed by atoms with van der Waals surface area (Å²) in [5.74, 6) is -0.0509. The Morgan fingerprint density at radius 1 is 1.33 bits per heavy atom. The van der Waals surface area contributed by atoms with E-state index in [2.05, 4.69) is 29.5 Å². The molecule has 0 saturated heterocycles. The zero-order valence-corrected chi connectivity index (χ0v) is 13.5. The molecule has 0 aliphatic heterocycles. The third-order valence-corrected chi connectivity index (χ3v) is 4.50. The van der Waals surface area contributed by atoms with Crippen LogP contribution in [-0.2, 0) is 17.8 Å². The van der Waals surface area contributed by atoms with Crippen LogP contribution in [0.15, 0.2) is 30.5 Å². The number of benzene rings is 1. The molecule has 1 aromatic carbocycles. The van der Waals surface area contributed by atoms with E-state index < -0.39 is 0 Å². The summed E-state index contributed by atoms with van der Waals surface area (Å²) in [6, 6.07) is 8.11. The zero-order chi connectivity index (χ0) is 15.2. The van der Waals surface area contributed by atoms with Crippen molar-refractivity contribution >= 4 is 22.9 Å². The van der Waals surface area contributed by atoms with Gasteiger partial charge in [-0.1, -0.05) is 19.1 Å². The SMILES string of the molecule is CCc1cnc(C(C)NCc2ccc(NC(C)=O)cc2)s1. The van der Waals surface area contributed by atoms with Crippen molar-refractivity contribution in [2.24, 2.45) is 0 Å². The second-order valence-electron chi connectivity index (χ2n) is 5.00. The highest BCUT2D eigenvalue weighted by Gasteiger charge is 2.09. The predicted molar refractivity (Wildman–Crippen MR) is 87.5 cm³/mol. The van der Waals surface area contributed by atoms with Crippen molar-refractivity contribution in [1.82, 2.24) is 10.3 Å². The fourth-order valence-electron chi connectivity index (χ4n) is 1.95. The van der Waals surface area contributed by atoms with Gasteiger partial charge in [-0.2, -0.15) is 0 Å². The Bertz CT molecular complexity index is 592. The van der Waals surface area contributed by atoms with E-state index in [0.29, 0.717) is 0 Å². The highest BCUT2D eigenvalue weighted by atomic mass is 32.1. The number of aryl methyl sites for hydroxylation is 1. The lowest BCUT2D eigenvalue weighted by Gasteiger charge is -2.11. The first kappa shape index (κ1) is 15.7. The topological polar surface area (TPSA) is 54.0 Å². The number of aromatic nitrogens is 1. The van der Waals surface area contributed by atoms with Gasteiger partial charge in [0.15, 0.2) is 0 Å². The van der Waals surface area contributed by atoms with Crippen LogP contribution in [0.2, 0.25) is 0 Å². The Labute approximate surface area is 129 Å². The Kier molecular flexibility index (Phi) is 5.47. The van der Waals surface area contributed by atoms with E-state index in [4.69, 9.17) is 0 Å². The van der Waals surface area contributed by atoms with E-state index in [1.807, 2.05) is 30.5 Å². The Balaban J connectivity index is 1.88. The minimum atomic E-state index is -0.0509. The summed E-state index contributed by atoms with van der Waals surface area (Å²) >= 11 is 1.76. The molecule has 2 rings (SSSR count). The number of carbonyl (C=O) groups excluding carboxylic acids is 1. The standard InChI is InChI=1S/C16H21N3OS/c1-4-15-10-18-16(21-15)11(2)17-9-13-5-7-14(8-6-13)19-12(3)20/h5-8,10-11,17H,4,9H2,1-3H3,(H,19,20). The molecule has 0 aliphatic rings. The van der Waals surface area contributed by atoms with Gasteiger partial charge in [0.2, 0.25) is 5.91 Å². The second kappa shape index (κ2) is 7.33. The van der Waals surface area contributed by atoms with Gasteiger partial charge in [-0.25, -0.2) is 4.98 Å². The molecular formula is C16H21N3OS. The van der Waals surface area contributed by atoms with E-state index >= 15 is 0 Å². The molecule has 0 fully saturated rings. The molecule has 2 aromatic rings. The molecule has 0 aliphatic carbocycles. The summed E-state index contributed by atoms with van der Waals surface area (Å²) in [6.45, 7) is 6.56. The van der Waals surface area contributed by atoms with Crippen LogP contribution < -0.4 is 10.6 Å². The molecule has 112 valence electrons. The largest absolute Gasteiger partial charge is 0.326 e. The normalized spacial score (nSPS) is 12.1. The van der Waals surface area contributed by atoms with Gasteiger partial charge in [0.05, 0.1) is 6.04 Å². The fourth-order valence-corrected chi connectivity index (χ4v) is 2.84. The average molecular weight is 303 g/mol. The van der Waals surface area contributed by atoms with Crippen molar-refractivity contribution in [3.8, 4) is 0 Å². The number of carbonyl (C=O) groups is 1. The molecule has 0 radical (unpaired) electrons. The van der Waals surface area contributed by atoms with Crippen molar-refractivity contribution in [1.29, 1.82) is 0 Å². The number of rotatable bonds is 6. The van der Waals surface area contributed by atoms with Crippen molar-refractivity contribution in [2.45, 2.75) is 39.8 Å². The molecule has 4 nitrogen and oxygen atoms in total. The first-order valence-corrected chi connectivity index (χ1v) is 7.94.